The highest BCUT2D eigenvalue weighted by Gasteiger charge is 1.78. The predicted molar refractivity (Wildman–Crippen MR) is 29.0 cm³/mol. The third kappa shape index (κ3) is 10.8. The molecule has 0 radical (unpaired) electrons. The molecule has 0 aromatic rings. The van der Waals surface area contributed by atoms with Crippen LogP contribution in [0.1, 0.15) is 0 Å². The Bertz CT molecular complexity index is 56.9. The van der Waals surface area contributed by atoms with Crippen LogP contribution in [0, 0.1) is 0 Å². The second-order valence-corrected chi connectivity index (χ2v) is 0.739. The van der Waals surface area contributed by atoms with E-state index in [2.05, 4.69) is 16.6 Å². The normalized spacial score (nSPS) is 6.43. The number of nitrogens with one attached hydrogen (secondary N) is 2. The number of primary amides is 1. The van der Waals surface area contributed by atoms with Crippen molar-refractivity contribution in [3.8, 4) is 0 Å². The van der Waals surface area contributed by atoms with Crippen molar-refractivity contribution in [1.82, 2.24) is 10.9 Å². The van der Waals surface area contributed by atoms with E-state index in [9.17, 15) is 4.79 Å². The van der Waals surface area contributed by atoms with Gasteiger partial charge in [-0.25, -0.2) is 10.2 Å². The largest absolute Gasteiger partial charge is 0.351 e. The highest BCUT2D eigenvalue weighted by atomic mass is 35.5. The van der Waals surface area contributed by atoms with Gasteiger partial charge in [0, 0.05) is 7.05 Å². The monoisotopic (exact) mass is 125 g/mol. The van der Waals surface area contributed by atoms with E-state index in [-0.39, 0.29) is 12.4 Å². The molecule has 0 fully saturated rings. The minimum absolute atomic E-state index is 0. The molecule has 0 aliphatic heterocycles. The lowest BCUT2D eigenvalue weighted by atomic mass is 11.1. The van der Waals surface area contributed by atoms with Gasteiger partial charge in [0.05, 0.1) is 0 Å². The number of hydrogen-bond acceptors (Lipinski definition) is 2. The number of amides is 2. The van der Waals surface area contributed by atoms with Crippen molar-refractivity contribution < 1.29 is 4.79 Å². The third-order valence-corrected chi connectivity index (χ3v) is 0.248. The van der Waals surface area contributed by atoms with Crippen LogP contribution >= 0.6 is 12.4 Å². The Morgan fingerprint density at radius 2 is 2.14 bits per heavy atom. The first-order valence-corrected chi connectivity index (χ1v) is 1.49. The first-order chi connectivity index (χ1) is 2.77. The van der Waals surface area contributed by atoms with Crippen LogP contribution in [-0.4, -0.2) is 13.1 Å². The van der Waals surface area contributed by atoms with Gasteiger partial charge in [-0.1, -0.05) is 0 Å². The summed E-state index contributed by atoms with van der Waals surface area (Å²) < 4.78 is 0. The van der Waals surface area contributed by atoms with Crippen molar-refractivity contribution in [2.45, 2.75) is 0 Å². The molecule has 0 saturated heterocycles. The average Bonchev–Trinajstić information content (AvgIpc) is 1.35. The summed E-state index contributed by atoms with van der Waals surface area (Å²) >= 11 is 0. The molecular formula is C2H8ClN3O. The van der Waals surface area contributed by atoms with E-state index in [1.54, 1.807) is 7.05 Å². The van der Waals surface area contributed by atoms with Crippen molar-refractivity contribution in [1.29, 1.82) is 0 Å². The van der Waals surface area contributed by atoms with E-state index >= 15 is 0 Å². The Balaban J connectivity index is 0. The van der Waals surface area contributed by atoms with Crippen LogP contribution in [0.3, 0.4) is 0 Å². The Morgan fingerprint density at radius 1 is 1.71 bits per heavy atom. The molecule has 4 nitrogen and oxygen atoms in total. The maximum Gasteiger partial charge on any atom is 0.326 e. The molecule has 4 N–H and O–H groups in total. The van der Waals surface area contributed by atoms with Gasteiger partial charge in [0.1, 0.15) is 0 Å². The molecule has 0 rings (SSSR count). The zero-order valence-corrected chi connectivity index (χ0v) is 4.71. The summed E-state index contributed by atoms with van der Waals surface area (Å²) in [4.78, 5) is 9.65. The fraction of sp³-hybridized carbons (Fsp3) is 0.500. The summed E-state index contributed by atoms with van der Waals surface area (Å²) in [5, 5.41) is 0. The summed E-state index contributed by atoms with van der Waals surface area (Å²) in [7, 11) is 1.56. The zero-order chi connectivity index (χ0) is 4.99. The minimum atomic E-state index is -0.572. The number of carbonyl (C=O) groups excluding carboxylic acids is 1. The summed E-state index contributed by atoms with van der Waals surface area (Å²) in [6.07, 6.45) is 0. The molecule has 0 atom stereocenters. The fourth-order valence-corrected chi connectivity index (χ4v) is 0.123. The second kappa shape index (κ2) is 5.52. The van der Waals surface area contributed by atoms with Gasteiger partial charge in [-0.3, -0.25) is 5.43 Å². The van der Waals surface area contributed by atoms with Gasteiger partial charge in [0.25, 0.3) is 0 Å². The maximum absolute atomic E-state index is 9.65. The highest BCUT2D eigenvalue weighted by molar-refractivity contribution is 5.85. The van der Waals surface area contributed by atoms with Gasteiger partial charge in [0.2, 0.25) is 0 Å². The zero-order valence-electron chi connectivity index (χ0n) is 3.89. The molecule has 0 unspecified atom stereocenters. The van der Waals surface area contributed by atoms with Crippen molar-refractivity contribution in [3.05, 3.63) is 0 Å². The second-order valence-electron chi connectivity index (χ2n) is 0.739. The molecule has 0 aliphatic carbocycles. The fourth-order valence-electron chi connectivity index (χ4n) is 0.123. The van der Waals surface area contributed by atoms with Gasteiger partial charge in [-0.05, 0) is 0 Å². The van der Waals surface area contributed by atoms with E-state index in [0.717, 1.165) is 0 Å². The number of rotatable bonds is 1. The summed E-state index contributed by atoms with van der Waals surface area (Å²) in [5.74, 6) is 0. The number of halogens is 1. The molecule has 0 heterocycles. The number of hydrogen-bond donors (Lipinski definition) is 3. The van der Waals surface area contributed by atoms with Crippen LogP contribution in [0.5, 0.6) is 0 Å². The lowest BCUT2D eigenvalue weighted by molar-refractivity contribution is 0.246. The van der Waals surface area contributed by atoms with Crippen LogP contribution in [0.25, 0.3) is 0 Å². The van der Waals surface area contributed by atoms with Crippen LogP contribution in [0.4, 0.5) is 4.79 Å². The molecule has 0 aliphatic rings. The van der Waals surface area contributed by atoms with Crippen molar-refractivity contribution >= 4 is 18.4 Å². The number of nitrogens with two attached hydrogens (primary N) is 1. The van der Waals surface area contributed by atoms with E-state index in [1.807, 2.05) is 0 Å². The summed E-state index contributed by atoms with van der Waals surface area (Å²) in [6.45, 7) is 0. The van der Waals surface area contributed by atoms with E-state index in [4.69, 9.17) is 0 Å². The average molecular weight is 126 g/mol. The molecule has 0 aromatic carbocycles. The maximum atomic E-state index is 9.65. The third-order valence-electron chi connectivity index (χ3n) is 0.248. The quantitative estimate of drug-likeness (QED) is 0.402. The van der Waals surface area contributed by atoms with E-state index in [0.29, 0.717) is 0 Å². The first kappa shape index (κ1) is 9.72. The lowest BCUT2D eigenvalue weighted by Gasteiger charge is -1.91. The molecule has 0 aromatic heterocycles. The summed E-state index contributed by atoms with van der Waals surface area (Å²) in [5.41, 5.74) is 9.03. The molecule has 0 bridgehead atoms. The van der Waals surface area contributed by atoms with Crippen molar-refractivity contribution in [3.63, 3.8) is 0 Å². The van der Waals surface area contributed by atoms with Gasteiger partial charge in [0.15, 0.2) is 0 Å². The molecular weight excluding hydrogens is 117 g/mol. The number of hydrazine groups is 1. The topological polar surface area (TPSA) is 67.2 Å². The smallest absolute Gasteiger partial charge is 0.326 e. The molecule has 0 spiro atoms. The van der Waals surface area contributed by atoms with Crippen LogP contribution in [0.2, 0.25) is 0 Å². The number of carbonyl (C=O) groups is 1. The van der Waals surface area contributed by atoms with Crippen molar-refractivity contribution in [2.24, 2.45) is 5.73 Å². The first-order valence-electron chi connectivity index (χ1n) is 1.49. The summed E-state index contributed by atoms with van der Waals surface area (Å²) in [6, 6.07) is -0.572. The Morgan fingerprint density at radius 3 is 2.14 bits per heavy atom. The van der Waals surface area contributed by atoms with Gasteiger partial charge in [-0.2, -0.15) is 0 Å². The number of urea groups is 1. The molecule has 44 valence electrons. The SMILES string of the molecule is CNNC(N)=O.Cl. The molecule has 0 saturated carbocycles. The Kier molecular flexibility index (Phi) is 7.67. The molecule has 5 heteroatoms. The van der Waals surface area contributed by atoms with Gasteiger partial charge in [-0.15, -0.1) is 12.4 Å². The standard InChI is InChI=1S/C2H7N3O.ClH/c1-4-5-2(3)6;/h4H,1H3,(H3,3,5,6);1H. The van der Waals surface area contributed by atoms with Crippen LogP contribution < -0.4 is 16.6 Å². The predicted octanol–water partition coefficient (Wildman–Crippen LogP) is -0.789. The van der Waals surface area contributed by atoms with Crippen molar-refractivity contribution in [2.75, 3.05) is 7.05 Å². The Labute approximate surface area is 47.8 Å². The molecule has 2 amide bonds. The molecule has 7 heavy (non-hydrogen) atoms. The highest BCUT2D eigenvalue weighted by Crippen LogP contribution is 1.39. The van der Waals surface area contributed by atoms with E-state index in [1.165, 1.54) is 0 Å². The van der Waals surface area contributed by atoms with Gasteiger partial charge < -0.3 is 5.73 Å². The minimum Gasteiger partial charge on any atom is -0.351 e. The van der Waals surface area contributed by atoms with Crippen LogP contribution in [0.15, 0.2) is 0 Å². The Hall–Kier alpha value is -0.480. The van der Waals surface area contributed by atoms with Crippen LogP contribution in [-0.2, 0) is 0 Å². The van der Waals surface area contributed by atoms with E-state index < -0.39 is 6.03 Å². The lowest BCUT2D eigenvalue weighted by Crippen LogP contribution is -2.38. The van der Waals surface area contributed by atoms with Gasteiger partial charge >= 0.3 is 6.03 Å².